The van der Waals surface area contributed by atoms with Gasteiger partial charge in [-0.15, -0.1) is 25.7 Å². The second-order valence-electron chi connectivity index (χ2n) is 14.9. The van der Waals surface area contributed by atoms with Crippen molar-refractivity contribution in [3.8, 4) is 96.7 Å². The first kappa shape index (κ1) is 42.0. The van der Waals surface area contributed by atoms with Crippen molar-refractivity contribution in [3.05, 3.63) is 283 Å². The second kappa shape index (κ2) is 19.7. The summed E-state index contributed by atoms with van der Waals surface area (Å²) in [4.78, 5) is 0. The molecule has 296 valence electrons. The first-order valence-corrected chi connectivity index (χ1v) is 20.7. The Balaban J connectivity index is 1.25. The Labute approximate surface area is 383 Å². The zero-order valence-electron chi connectivity index (χ0n) is 35.3. The molecule has 0 radical (unpaired) electrons. The van der Waals surface area contributed by atoms with Crippen molar-refractivity contribution in [3.63, 3.8) is 0 Å². The van der Waals surface area contributed by atoms with Crippen LogP contribution < -0.4 is 0 Å². The zero-order valence-corrected chi connectivity index (χ0v) is 35.3. The predicted octanol–water partition coefficient (Wildman–Crippen LogP) is 11.6. The Morgan fingerprint density at radius 2 is 0.308 bits per heavy atom. The summed E-state index contributed by atoms with van der Waals surface area (Å²) >= 11 is 0. The molecule has 0 aliphatic heterocycles. The summed E-state index contributed by atoms with van der Waals surface area (Å²) in [7, 11) is 0. The third-order valence-corrected chi connectivity index (χ3v) is 10.9. The minimum absolute atomic E-state index is 0.790. The maximum atomic E-state index is 5.57. The van der Waals surface area contributed by atoms with Crippen LogP contribution in [-0.2, 0) is 5.41 Å². The summed E-state index contributed by atoms with van der Waals surface area (Å²) in [5.41, 5.74) is 13.7. The van der Waals surface area contributed by atoms with E-state index in [0.717, 1.165) is 89.0 Å². The number of rotatable bonds is 4. The molecule has 8 aromatic carbocycles. The van der Waals surface area contributed by atoms with Gasteiger partial charge < -0.3 is 0 Å². The van der Waals surface area contributed by atoms with Crippen LogP contribution in [0.4, 0.5) is 0 Å². The molecule has 8 rings (SSSR count). The van der Waals surface area contributed by atoms with E-state index in [4.69, 9.17) is 25.7 Å². The molecule has 0 saturated heterocycles. The van der Waals surface area contributed by atoms with Gasteiger partial charge in [0.05, 0.1) is 5.41 Å². The topological polar surface area (TPSA) is 0 Å². The van der Waals surface area contributed by atoms with Gasteiger partial charge in [0, 0.05) is 66.8 Å². The Bertz CT molecular complexity index is 2950. The normalized spacial score (nSPS) is 9.91. The third-order valence-electron chi connectivity index (χ3n) is 10.9. The van der Waals surface area contributed by atoms with Crippen LogP contribution in [-0.4, -0.2) is 0 Å². The molecule has 0 spiro atoms. The summed E-state index contributed by atoms with van der Waals surface area (Å²) in [6.45, 7) is 0. The SMILES string of the molecule is C#Cc1ccc(C#Cc2ccc(C(c3ccc(C#Cc4ccc(C#C)cc4)cc3)(c3ccc(C#Cc4ccc(C#C)cc4)cc3)c3ccc(C#Cc4ccc(C#C)cc4)cc3)cc2)cc1. The van der Waals surface area contributed by atoms with Crippen molar-refractivity contribution in [2.24, 2.45) is 0 Å². The van der Waals surface area contributed by atoms with Gasteiger partial charge in [-0.2, -0.15) is 0 Å². The van der Waals surface area contributed by atoms with Gasteiger partial charge in [-0.25, -0.2) is 0 Å². The number of hydrogen-bond donors (Lipinski definition) is 0. The van der Waals surface area contributed by atoms with Crippen LogP contribution in [0.5, 0.6) is 0 Å². The molecule has 0 unspecified atom stereocenters. The maximum Gasteiger partial charge on any atom is 0.0701 e. The van der Waals surface area contributed by atoms with Crippen LogP contribution in [0.15, 0.2) is 194 Å². The molecule has 65 heavy (non-hydrogen) atoms. The van der Waals surface area contributed by atoms with E-state index in [0.29, 0.717) is 0 Å². The predicted molar refractivity (Wildman–Crippen MR) is 266 cm³/mol. The molecule has 0 aliphatic rings. The highest BCUT2D eigenvalue weighted by Gasteiger charge is 2.38. The van der Waals surface area contributed by atoms with Crippen molar-refractivity contribution >= 4 is 0 Å². The molecule has 0 fully saturated rings. The molecular weight excluding hydrogens is 781 g/mol. The van der Waals surface area contributed by atoms with E-state index in [2.05, 4.69) is 168 Å². The van der Waals surface area contributed by atoms with Crippen LogP contribution >= 0.6 is 0 Å². The van der Waals surface area contributed by atoms with E-state index in [1.54, 1.807) is 0 Å². The lowest BCUT2D eigenvalue weighted by molar-refractivity contribution is 0.744. The van der Waals surface area contributed by atoms with E-state index in [1.807, 2.05) is 97.1 Å². The van der Waals surface area contributed by atoms with E-state index in [-0.39, 0.29) is 0 Å². The van der Waals surface area contributed by atoms with E-state index in [9.17, 15) is 0 Å². The van der Waals surface area contributed by atoms with Gasteiger partial charge >= 0.3 is 0 Å². The highest BCUT2D eigenvalue weighted by atomic mass is 14.4. The quantitative estimate of drug-likeness (QED) is 0.123. The van der Waals surface area contributed by atoms with Crippen LogP contribution in [0, 0.1) is 96.7 Å². The van der Waals surface area contributed by atoms with Crippen LogP contribution in [0.1, 0.15) is 89.0 Å². The first-order chi connectivity index (χ1) is 31.9. The molecule has 0 heteroatoms. The molecule has 0 bridgehead atoms. The van der Waals surface area contributed by atoms with Crippen molar-refractivity contribution in [1.82, 2.24) is 0 Å². The van der Waals surface area contributed by atoms with Crippen molar-refractivity contribution in [2.75, 3.05) is 0 Å². The average Bonchev–Trinajstić information content (AvgIpc) is 3.38. The molecule has 0 amide bonds. The first-order valence-electron chi connectivity index (χ1n) is 20.7. The summed E-state index contributed by atoms with van der Waals surface area (Å²) in [5, 5.41) is 0. The van der Waals surface area contributed by atoms with Crippen LogP contribution in [0.25, 0.3) is 0 Å². The smallest absolute Gasteiger partial charge is 0.0701 e. The summed E-state index contributed by atoms with van der Waals surface area (Å²) in [6.07, 6.45) is 22.3. The fourth-order valence-corrected chi connectivity index (χ4v) is 7.39. The molecule has 0 atom stereocenters. The number of hydrogen-bond acceptors (Lipinski definition) is 0. The minimum Gasteiger partial charge on any atom is -0.115 e. The second-order valence-corrected chi connectivity index (χ2v) is 14.9. The Hall–Kier alpha value is -9.76. The third kappa shape index (κ3) is 9.91. The molecule has 0 saturated carbocycles. The van der Waals surface area contributed by atoms with Crippen LogP contribution in [0.3, 0.4) is 0 Å². The lowest BCUT2D eigenvalue weighted by Gasteiger charge is -2.37. The molecule has 0 aliphatic carbocycles. The fourth-order valence-electron chi connectivity index (χ4n) is 7.39. The largest absolute Gasteiger partial charge is 0.115 e. The van der Waals surface area contributed by atoms with E-state index in [1.165, 1.54) is 0 Å². The number of benzene rings is 8. The highest BCUT2D eigenvalue weighted by Crippen LogP contribution is 2.45. The van der Waals surface area contributed by atoms with Gasteiger partial charge in [0.15, 0.2) is 0 Å². The van der Waals surface area contributed by atoms with Gasteiger partial charge in [0.25, 0.3) is 0 Å². The fraction of sp³-hybridized carbons (Fsp3) is 0.0154. The van der Waals surface area contributed by atoms with Gasteiger partial charge in [0.1, 0.15) is 0 Å². The molecule has 0 aromatic heterocycles. The lowest BCUT2D eigenvalue weighted by Crippen LogP contribution is -2.31. The maximum absolute atomic E-state index is 5.57. The summed E-state index contributed by atoms with van der Waals surface area (Å²) < 4.78 is 0. The van der Waals surface area contributed by atoms with Crippen molar-refractivity contribution < 1.29 is 0 Å². The summed E-state index contributed by atoms with van der Waals surface area (Å²) in [5.74, 6) is 37.2. The van der Waals surface area contributed by atoms with E-state index >= 15 is 0 Å². The van der Waals surface area contributed by atoms with Gasteiger partial charge in [-0.1, -0.05) is 120 Å². The van der Waals surface area contributed by atoms with Gasteiger partial charge in [-0.3, -0.25) is 0 Å². The van der Waals surface area contributed by atoms with Gasteiger partial charge in [0.2, 0.25) is 0 Å². The Morgan fingerprint density at radius 3 is 0.446 bits per heavy atom. The van der Waals surface area contributed by atoms with Gasteiger partial charge in [-0.05, 0) is 168 Å². The Kier molecular flexibility index (Phi) is 12.7. The van der Waals surface area contributed by atoms with Crippen LogP contribution in [0.2, 0.25) is 0 Å². The van der Waals surface area contributed by atoms with Crippen molar-refractivity contribution in [1.29, 1.82) is 0 Å². The monoisotopic (exact) mass is 816 g/mol. The highest BCUT2D eigenvalue weighted by molar-refractivity contribution is 5.63. The Morgan fingerprint density at radius 1 is 0.185 bits per heavy atom. The molecule has 0 N–H and O–H groups in total. The minimum atomic E-state index is -0.790. The molecular formula is C65H36. The summed E-state index contributed by atoms with van der Waals surface area (Å²) in [6, 6.07) is 64.7. The molecule has 0 nitrogen and oxygen atoms in total. The van der Waals surface area contributed by atoms with Crippen molar-refractivity contribution in [2.45, 2.75) is 5.41 Å². The lowest BCUT2D eigenvalue weighted by atomic mass is 9.65. The molecule has 8 aromatic rings. The standard InChI is InChI=1S/C65H36/c1-5-49-9-17-53(18-10-49)25-29-57-33-41-61(42-34-57)65(62-43-35-58(36-44-62)30-26-54-19-11-50(6-2)12-20-54,63-45-37-59(38-46-63)31-27-55-21-13-51(7-3)14-22-55)64-47-39-60(40-48-64)32-28-56-23-15-52(8-4)16-24-56/h1-4,9-24,33-48H. The zero-order chi connectivity index (χ0) is 44.9. The average molecular weight is 817 g/mol. The van der Waals surface area contributed by atoms with E-state index < -0.39 is 5.41 Å². The molecule has 0 heterocycles. The number of terminal acetylenes is 4.